The molecule has 0 saturated carbocycles. The minimum Gasteiger partial charge on any atom is -0.345 e. The quantitative estimate of drug-likeness (QED) is 0.943. The maximum absolute atomic E-state index is 13.6. The van der Waals surface area contributed by atoms with Gasteiger partial charge >= 0.3 is 0 Å². The van der Waals surface area contributed by atoms with Gasteiger partial charge in [0.2, 0.25) is 5.89 Å². The van der Waals surface area contributed by atoms with Crippen LogP contribution in [0.4, 0.5) is 4.39 Å². The number of benzene rings is 1. The van der Waals surface area contributed by atoms with Crippen molar-refractivity contribution in [2.24, 2.45) is 0 Å². The van der Waals surface area contributed by atoms with Gasteiger partial charge in [0.25, 0.3) is 5.91 Å². The number of hydrogen-bond donors (Lipinski definition) is 1. The second kappa shape index (κ2) is 5.26. The summed E-state index contributed by atoms with van der Waals surface area (Å²) in [4.78, 5) is 15.7. The number of carbonyl (C=O) groups is 1. The van der Waals surface area contributed by atoms with Crippen LogP contribution in [0, 0.1) is 12.7 Å². The number of nitrogens with one attached hydrogen (secondary N) is 1. The van der Waals surface area contributed by atoms with Crippen LogP contribution in [0.2, 0.25) is 0 Å². The van der Waals surface area contributed by atoms with Gasteiger partial charge in [-0.15, -0.1) is 0 Å². The molecule has 1 heterocycles. The molecule has 0 radical (unpaired) electrons. The van der Waals surface area contributed by atoms with Crippen molar-refractivity contribution >= 4 is 21.8 Å². The maximum atomic E-state index is 13.6. The smallest absolute Gasteiger partial charge is 0.254 e. The molecule has 0 unspecified atom stereocenters. The first-order chi connectivity index (χ1) is 8.58. The predicted octanol–water partition coefficient (Wildman–Crippen LogP) is 2.21. The topological polar surface area (TPSA) is 68.0 Å². The third kappa shape index (κ3) is 2.73. The number of amides is 1. The number of hydrogen-bond acceptors (Lipinski definition) is 4. The van der Waals surface area contributed by atoms with Crippen LogP contribution in [-0.2, 0) is 6.54 Å². The molecule has 1 aromatic heterocycles. The molecular weight excluding hydrogens is 305 g/mol. The number of carbonyl (C=O) groups excluding carboxylic acids is 1. The third-order valence-corrected chi connectivity index (χ3v) is 2.79. The molecule has 2 rings (SSSR count). The fourth-order valence-corrected chi connectivity index (χ4v) is 1.71. The Morgan fingerprint density at radius 1 is 1.56 bits per heavy atom. The Balaban J connectivity index is 2.06. The van der Waals surface area contributed by atoms with E-state index in [1.165, 1.54) is 12.1 Å². The molecular formula is C11H9BrFN3O2. The van der Waals surface area contributed by atoms with E-state index in [2.05, 4.69) is 31.4 Å². The molecule has 0 atom stereocenters. The molecule has 0 fully saturated rings. The van der Waals surface area contributed by atoms with Crippen LogP contribution in [-0.4, -0.2) is 16.0 Å². The summed E-state index contributed by atoms with van der Waals surface area (Å²) in [5.74, 6) is -0.375. The van der Waals surface area contributed by atoms with Gasteiger partial charge in [0, 0.05) is 6.92 Å². The van der Waals surface area contributed by atoms with Crippen LogP contribution in [0.3, 0.4) is 0 Å². The zero-order valence-corrected chi connectivity index (χ0v) is 11.0. The Bertz CT molecular complexity index is 585. The van der Waals surface area contributed by atoms with E-state index in [0.717, 1.165) is 0 Å². The first-order valence-corrected chi connectivity index (χ1v) is 5.88. The molecule has 0 spiro atoms. The maximum Gasteiger partial charge on any atom is 0.254 e. The lowest BCUT2D eigenvalue weighted by Crippen LogP contribution is -2.24. The fourth-order valence-electron chi connectivity index (χ4n) is 1.35. The first-order valence-electron chi connectivity index (χ1n) is 5.09. The lowest BCUT2D eigenvalue weighted by atomic mass is 10.2. The van der Waals surface area contributed by atoms with Crippen LogP contribution in [0.15, 0.2) is 27.2 Å². The van der Waals surface area contributed by atoms with E-state index >= 15 is 0 Å². The molecule has 0 saturated heterocycles. The molecule has 1 amide bonds. The summed E-state index contributed by atoms with van der Waals surface area (Å²) in [5.41, 5.74) is -0.0374. The summed E-state index contributed by atoms with van der Waals surface area (Å²) < 4.78 is 18.6. The van der Waals surface area contributed by atoms with Crippen molar-refractivity contribution in [2.45, 2.75) is 13.5 Å². The lowest BCUT2D eigenvalue weighted by Gasteiger charge is -2.04. The average molecular weight is 314 g/mol. The van der Waals surface area contributed by atoms with Crippen LogP contribution in [0.25, 0.3) is 0 Å². The van der Waals surface area contributed by atoms with Crippen molar-refractivity contribution < 1.29 is 13.7 Å². The zero-order chi connectivity index (χ0) is 13.1. The van der Waals surface area contributed by atoms with Gasteiger partial charge in [0.05, 0.1) is 16.6 Å². The number of rotatable bonds is 3. The second-order valence-electron chi connectivity index (χ2n) is 3.51. The van der Waals surface area contributed by atoms with Gasteiger partial charge in [-0.1, -0.05) is 11.2 Å². The van der Waals surface area contributed by atoms with Crippen LogP contribution < -0.4 is 5.32 Å². The van der Waals surface area contributed by atoms with Gasteiger partial charge in [-0.05, 0) is 28.1 Å². The number of aromatic nitrogens is 2. The summed E-state index contributed by atoms with van der Waals surface area (Å²) >= 11 is 3.02. The molecule has 5 nitrogen and oxygen atoms in total. The van der Waals surface area contributed by atoms with Gasteiger partial charge in [-0.2, -0.15) is 4.98 Å². The molecule has 1 aromatic carbocycles. The fraction of sp³-hybridized carbons (Fsp3) is 0.182. The summed E-state index contributed by atoms with van der Waals surface area (Å²) in [7, 11) is 0. The highest BCUT2D eigenvalue weighted by molar-refractivity contribution is 9.10. The van der Waals surface area contributed by atoms with Crippen molar-refractivity contribution in [1.29, 1.82) is 0 Å². The SMILES string of the molecule is Cc1nc(CNC(=O)c2cccc(Br)c2F)no1. The highest BCUT2D eigenvalue weighted by Crippen LogP contribution is 2.18. The summed E-state index contributed by atoms with van der Waals surface area (Å²) in [6, 6.07) is 4.51. The van der Waals surface area contributed by atoms with Gasteiger partial charge in [-0.3, -0.25) is 4.79 Å². The monoisotopic (exact) mass is 313 g/mol. The highest BCUT2D eigenvalue weighted by atomic mass is 79.9. The van der Waals surface area contributed by atoms with E-state index in [9.17, 15) is 9.18 Å². The molecule has 1 N–H and O–H groups in total. The van der Waals surface area contributed by atoms with Crippen molar-refractivity contribution in [1.82, 2.24) is 15.5 Å². The van der Waals surface area contributed by atoms with E-state index in [-0.39, 0.29) is 16.6 Å². The molecule has 18 heavy (non-hydrogen) atoms. The summed E-state index contributed by atoms with van der Waals surface area (Å²) in [6.45, 7) is 1.73. The van der Waals surface area contributed by atoms with E-state index < -0.39 is 11.7 Å². The van der Waals surface area contributed by atoms with Crippen molar-refractivity contribution in [3.05, 3.63) is 45.8 Å². The van der Waals surface area contributed by atoms with Gasteiger partial charge in [0.1, 0.15) is 5.82 Å². The third-order valence-electron chi connectivity index (χ3n) is 2.17. The number of halogens is 2. The van der Waals surface area contributed by atoms with E-state index in [4.69, 9.17) is 4.52 Å². The predicted molar refractivity (Wildman–Crippen MR) is 64.3 cm³/mol. The van der Waals surface area contributed by atoms with Crippen LogP contribution in [0.1, 0.15) is 22.1 Å². The van der Waals surface area contributed by atoms with E-state index in [1.807, 2.05) is 0 Å². The van der Waals surface area contributed by atoms with Crippen molar-refractivity contribution in [3.8, 4) is 0 Å². The van der Waals surface area contributed by atoms with Gasteiger partial charge in [0.15, 0.2) is 5.82 Å². The Morgan fingerprint density at radius 2 is 2.33 bits per heavy atom. The minimum absolute atomic E-state index is 0.0374. The van der Waals surface area contributed by atoms with Crippen LogP contribution in [0.5, 0.6) is 0 Å². The molecule has 0 aliphatic carbocycles. The normalized spacial score (nSPS) is 10.4. The van der Waals surface area contributed by atoms with Gasteiger partial charge in [-0.25, -0.2) is 4.39 Å². The first kappa shape index (κ1) is 12.7. The summed E-state index contributed by atoms with van der Waals surface area (Å²) in [5, 5.41) is 6.13. The molecule has 7 heteroatoms. The Morgan fingerprint density at radius 3 is 3.00 bits per heavy atom. The molecule has 94 valence electrons. The Labute approximate surface area is 111 Å². The van der Waals surface area contributed by atoms with E-state index in [0.29, 0.717) is 11.7 Å². The molecule has 0 bridgehead atoms. The van der Waals surface area contributed by atoms with Crippen molar-refractivity contribution in [3.63, 3.8) is 0 Å². The molecule has 0 aliphatic rings. The Kier molecular flexibility index (Phi) is 3.71. The van der Waals surface area contributed by atoms with E-state index in [1.54, 1.807) is 13.0 Å². The molecule has 2 aromatic rings. The van der Waals surface area contributed by atoms with Gasteiger partial charge < -0.3 is 9.84 Å². The Hall–Kier alpha value is -1.76. The summed E-state index contributed by atoms with van der Waals surface area (Å²) in [6.07, 6.45) is 0. The highest BCUT2D eigenvalue weighted by Gasteiger charge is 2.14. The zero-order valence-electron chi connectivity index (χ0n) is 9.41. The lowest BCUT2D eigenvalue weighted by molar-refractivity contribution is 0.0945. The standard InChI is InChI=1S/C11H9BrFN3O2/c1-6-15-9(16-18-6)5-14-11(17)7-3-2-4-8(12)10(7)13/h2-4H,5H2,1H3,(H,14,17). The number of aryl methyl sites for hydroxylation is 1. The second-order valence-corrected chi connectivity index (χ2v) is 4.37. The van der Waals surface area contributed by atoms with Crippen molar-refractivity contribution in [2.75, 3.05) is 0 Å². The average Bonchev–Trinajstić information content (AvgIpc) is 2.76. The van der Waals surface area contributed by atoms with Crippen LogP contribution >= 0.6 is 15.9 Å². The number of nitrogens with zero attached hydrogens (tertiary/aromatic N) is 2. The molecule has 0 aliphatic heterocycles. The largest absolute Gasteiger partial charge is 0.345 e. The minimum atomic E-state index is -0.598.